The number of halogens is 2. The van der Waals surface area contributed by atoms with E-state index < -0.39 is 58.5 Å². The minimum Gasteiger partial charge on any atom is -0.502 e. The first-order valence-electron chi connectivity index (χ1n) is 15.4. The molecule has 1 saturated carbocycles. The first-order valence-corrected chi connectivity index (χ1v) is 15.8. The molecule has 0 radical (unpaired) electrons. The zero-order chi connectivity index (χ0) is 33.9. The van der Waals surface area contributed by atoms with Gasteiger partial charge in [-0.3, -0.25) is 29.9 Å². The van der Waals surface area contributed by atoms with Crippen molar-refractivity contribution in [3.8, 4) is 17.2 Å². The van der Waals surface area contributed by atoms with Crippen LogP contribution in [0, 0.1) is 35.4 Å². The zero-order valence-electron chi connectivity index (χ0n) is 25.9. The van der Waals surface area contributed by atoms with E-state index in [4.69, 9.17) is 21.1 Å². The number of phenolic OH excluding ortho intramolecular Hbond substituents is 1. The van der Waals surface area contributed by atoms with Crippen LogP contribution in [0.15, 0.2) is 78.4 Å². The standard InChI is InChI=1S/C36H31ClFN3O7/c1-47-28-15-18(16-29(48-2)31(28)42)3-14-26-23-12-13-24-30(33(44)39-32(24)43)25(23)17-27-34(45)41(40-22-10-8-21(38)9-11-22)35(46)36(26,27)19-4-6-20(37)7-5-19/h3-12,14-16,24-27,30,40,42H,13,17H2,1-2H3,(H,39,43,44)/t24-,25+,26-,27-,30-,36-/m0/s1. The number of ether oxygens (including phenoxy) is 2. The van der Waals surface area contributed by atoms with Crippen LogP contribution < -0.4 is 20.2 Å². The highest BCUT2D eigenvalue weighted by molar-refractivity contribution is 6.30. The van der Waals surface area contributed by atoms with Crippen molar-refractivity contribution < 1.29 is 38.1 Å². The van der Waals surface area contributed by atoms with Crippen LogP contribution in [0.25, 0.3) is 6.08 Å². The number of nitrogens with zero attached hydrogens (tertiary/aromatic N) is 1. The van der Waals surface area contributed by atoms with Crippen LogP contribution in [0.2, 0.25) is 5.02 Å². The van der Waals surface area contributed by atoms with Gasteiger partial charge in [0.2, 0.25) is 17.6 Å². The lowest BCUT2D eigenvalue weighted by atomic mass is 9.50. The summed E-state index contributed by atoms with van der Waals surface area (Å²) in [7, 11) is 2.83. The predicted molar refractivity (Wildman–Crippen MR) is 173 cm³/mol. The van der Waals surface area contributed by atoms with Crippen LogP contribution in [0.5, 0.6) is 17.2 Å². The number of anilines is 1. The quantitative estimate of drug-likeness (QED) is 0.236. The number of carbonyl (C=O) groups is 4. The van der Waals surface area contributed by atoms with E-state index >= 15 is 0 Å². The minimum atomic E-state index is -1.50. The fourth-order valence-electron chi connectivity index (χ4n) is 8.03. The van der Waals surface area contributed by atoms with Gasteiger partial charge in [0.05, 0.1) is 43.1 Å². The molecule has 3 aromatic rings. The summed E-state index contributed by atoms with van der Waals surface area (Å²) in [5.74, 6) is -5.63. The monoisotopic (exact) mass is 671 g/mol. The molecule has 12 heteroatoms. The maximum Gasteiger partial charge on any atom is 0.260 e. The fourth-order valence-corrected chi connectivity index (χ4v) is 8.16. The largest absolute Gasteiger partial charge is 0.502 e. The van der Waals surface area contributed by atoms with Gasteiger partial charge in [-0.2, -0.15) is 5.01 Å². The molecule has 2 aliphatic carbocycles. The first-order chi connectivity index (χ1) is 23.1. The third-order valence-corrected chi connectivity index (χ3v) is 10.4. The van der Waals surface area contributed by atoms with Crippen LogP contribution in [-0.4, -0.2) is 48.0 Å². The number of amides is 4. The Morgan fingerprint density at radius 3 is 2.29 bits per heavy atom. The van der Waals surface area contributed by atoms with Crippen molar-refractivity contribution >= 4 is 47.0 Å². The molecule has 0 spiro atoms. The molecule has 2 saturated heterocycles. The highest BCUT2D eigenvalue weighted by Crippen LogP contribution is 2.61. The number of nitrogens with one attached hydrogen (secondary N) is 2. The molecule has 3 aromatic carbocycles. The molecular formula is C36H31ClFN3O7. The van der Waals surface area contributed by atoms with E-state index in [9.17, 15) is 28.7 Å². The van der Waals surface area contributed by atoms with Gasteiger partial charge in [-0.25, -0.2) is 4.39 Å². The van der Waals surface area contributed by atoms with Gasteiger partial charge in [-0.05, 0) is 78.4 Å². The normalized spacial score (nSPS) is 27.7. The predicted octanol–water partition coefficient (Wildman–Crippen LogP) is 5.02. The Kier molecular flexibility index (Phi) is 7.74. The molecular weight excluding hydrogens is 641 g/mol. The van der Waals surface area contributed by atoms with E-state index in [1.807, 2.05) is 12.2 Å². The van der Waals surface area contributed by atoms with Crippen molar-refractivity contribution in [1.82, 2.24) is 10.3 Å². The summed E-state index contributed by atoms with van der Waals surface area (Å²) in [6.07, 6.45) is 5.94. The molecule has 48 heavy (non-hydrogen) atoms. The Hall–Kier alpha value is -5.16. The van der Waals surface area contributed by atoms with Gasteiger partial charge < -0.3 is 14.6 Å². The number of hydrazine groups is 1. The lowest BCUT2D eigenvalue weighted by Crippen LogP contribution is -2.54. The number of fused-ring (bicyclic) bond motifs is 4. The molecule has 2 aliphatic heterocycles. The number of carbonyl (C=O) groups excluding carboxylic acids is 4. The average Bonchev–Trinajstić information content (AvgIpc) is 3.49. The van der Waals surface area contributed by atoms with E-state index in [-0.39, 0.29) is 29.6 Å². The summed E-state index contributed by atoms with van der Waals surface area (Å²) in [6, 6.07) is 15.3. The molecule has 3 N–H and O–H groups in total. The molecule has 3 fully saturated rings. The number of allylic oxidation sites excluding steroid dienone is 3. The van der Waals surface area contributed by atoms with Gasteiger partial charge in [0.15, 0.2) is 11.5 Å². The summed E-state index contributed by atoms with van der Waals surface area (Å²) < 4.78 is 24.5. The second-order valence-electron chi connectivity index (χ2n) is 12.4. The van der Waals surface area contributed by atoms with Gasteiger partial charge in [-0.15, -0.1) is 0 Å². The number of hydrogen-bond acceptors (Lipinski definition) is 8. The van der Waals surface area contributed by atoms with E-state index in [0.717, 1.165) is 10.6 Å². The van der Waals surface area contributed by atoms with Crippen molar-refractivity contribution in [2.24, 2.45) is 29.6 Å². The molecule has 0 aromatic heterocycles. The summed E-state index contributed by atoms with van der Waals surface area (Å²) >= 11 is 6.30. The SMILES string of the molecule is COc1cc(C=C[C@H]2C3=CC[C@@H]4C(=O)NC(=O)[C@@H]4[C@@H]3C[C@H]3C(=O)N(Nc4ccc(F)cc4)C(=O)[C@@]23c2ccc(Cl)cc2)cc(OC)c1O. The van der Waals surface area contributed by atoms with Gasteiger partial charge in [0, 0.05) is 10.9 Å². The number of aromatic hydroxyl groups is 1. The molecule has 6 atom stereocenters. The summed E-state index contributed by atoms with van der Waals surface area (Å²) in [5.41, 5.74) is 3.63. The highest BCUT2D eigenvalue weighted by atomic mass is 35.5. The van der Waals surface area contributed by atoms with Crippen LogP contribution in [0.3, 0.4) is 0 Å². The van der Waals surface area contributed by atoms with Crippen LogP contribution in [0.1, 0.15) is 24.0 Å². The Labute approximate surface area is 280 Å². The van der Waals surface area contributed by atoms with E-state index in [1.54, 1.807) is 42.5 Å². The third-order valence-electron chi connectivity index (χ3n) is 10.1. The van der Waals surface area contributed by atoms with Gasteiger partial charge in [-0.1, -0.05) is 47.5 Å². The van der Waals surface area contributed by atoms with Crippen molar-refractivity contribution in [1.29, 1.82) is 0 Å². The summed E-state index contributed by atoms with van der Waals surface area (Å²) in [4.78, 5) is 55.5. The number of phenols is 1. The Bertz CT molecular complexity index is 1890. The highest BCUT2D eigenvalue weighted by Gasteiger charge is 2.69. The van der Waals surface area contributed by atoms with Crippen LogP contribution in [-0.2, 0) is 24.6 Å². The lowest BCUT2D eigenvalue weighted by Gasteiger charge is -2.49. The Balaban J connectivity index is 1.43. The molecule has 7 rings (SSSR count). The van der Waals surface area contributed by atoms with E-state index in [1.165, 1.54) is 38.5 Å². The smallest absolute Gasteiger partial charge is 0.260 e. The zero-order valence-corrected chi connectivity index (χ0v) is 26.7. The summed E-state index contributed by atoms with van der Waals surface area (Å²) in [6.45, 7) is 0. The molecule has 0 bridgehead atoms. The molecule has 4 aliphatic rings. The number of hydrogen-bond donors (Lipinski definition) is 3. The van der Waals surface area contributed by atoms with Crippen LogP contribution >= 0.6 is 11.6 Å². The van der Waals surface area contributed by atoms with Crippen molar-refractivity contribution in [2.75, 3.05) is 19.6 Å². The number of imide groups is 2. The topological polar surface area (TPSA) is 134 Å². The van der Waals surface area contributed by atoms with Gasteiger partial charge in [0.1, 0.15) is 5.82 Å². The molecule has 2 heterocycles. The molecule has 246 valence electrons. The number of methoxy groups -OCH3 is 2. The first kappa shape index (κ1) is 31.4. The van der Waals surface area contributed by atoms with Crippen LogP contribution in [0.4, 0.5) is 10.1 Å². The summed E-state index contributed by atoms with van der Waals surface area (Å²) in [5, 5.41) is 14.4. The average molecular weight is 672 g/mol. The van der Waals surface area contributed by atoms with Gasteiger partial charge in [0.25, 0.3) is 11.8 Å². The fraction of sp³-hybridized carbons (Fsp3) is 0.278. The minimum absolute atomic E-state index is 0.133. The maximum absolute atomic E-state index is 15.0. The van der Waals surface area contributed by atoms with Crippen molar-refractivity contribution in [3.05, 3.63) is 100 Å². The van der Waals surface area contributed by atoms with Crippen molar-refractivity contribution in [3.63, 3.8) is 0 Å². The van der Waals surface area contributed by atoms with Gasteiger partial charge >= 0.3 is 0 Å². The second-order valence-corrected chi connectivity index (χ2v) is 12.8. The number of rotatable bonds is 7. The van der Waals surface area contributed by atoms with E-state index in [0.29, 0.717) is 28.3 Å². The molecule has 4 amide bonds. The maximum atomic E-state index is 15.0. The third kappa shape index (κ3) is 4.75. The Morgan fingerprint density at radius 2 is 1.65 bits per heavy atom. The second kappa shape index (κ2) is 11.8. The molecule has 10 nitrogen and oxygen atoms in total. The van der Waals surface area contributed by atoms with E-state index in [2.05, 4.69) is 10.7 Å². The Morgan fingerprint density at radius 1 is 0.979 bits per heavy atom. The lowest BCUT2D eigenvalue weighted by molar-refractivity contribution is -0.139. The number of benzene rings is 3. The molecule has 0 unspecified atom stereocenters. The van der Waals surface area contributed by atoms with Crippen molar-refractivity contribution in [2.45, 2.75) is 18.3 Å².